The van der Waals surface area contributed by atoms with Gasteiger partial charge in [0.25, 0.3) is 10.1 Å². The second kappa shape index (κ2) is 3.39. The van der Waals surface area contributed by atoms with Gasteiger partial charge < -0.3 is 5.73 Å². The Labute approximate surface area is 81.3 Å². The maximum absolute atomic E-state index is 11.0. The van der Waals surface area contributed by atoms with Crippen LogP contribution in [-0.4, -0.2) is 18.8 Å². The highest BCUT2D eigenvalue weighted by atomic mass is 32.2. The SMILES string of the molecule is CC(=O)c1cc(S(=O)(=O)O)ccc1N. The van der Waals surface area contributed by atoms with E-state index in [0.29, 0.717) is 0 Å². The molecule has 0 amide bonds. The van der Waals surface area contributed by atoms with Crippen molar-refractivity contribution in [2.24, 2.45) is 0 Å². The second-order valence-electron chi connectivity index (χ2n) is 2.78. The molecule has 0 aliphatic carbocycles. The molecule has 76 valence electrons. The summed E-state index contributed by atoms with van der Waals surface area (Å²) in [5.74, 6) is -0.354. The number of ketones is 1. The third kappa shape index (κ3) is 2.09. The highest BCUT2D eigenvalue weighted by Gasteiger charge is 2.13. The normalized spacial score (nSPS) is 11.3. The third-order valence-electron chi connectivity index (χ3n) is 1.70. The fraction of sp³-hybridized carbons (Fsp3) is 0.125. The first-order valence-corrected chi connectivity index (χ1v) is 5.14. The zero-order valence-corrected chi connectivity index (χ0v) is 8.21. The average molecular weight is 215 g/mol. The zero-order valence-electron chi connectivity index (χ0n) is 7.39. The molecular weight excluding hydrogens is 206 g/mol. The highest BCUT2D eigenvalue weighted by Crippen LogP contribution is 2.17. The van der Waals surface area contributed by atoms with Crippen molar-refractivity contribution in [2.45, 2.75) is 11.8 Å². The van der Waals surface area contributed by atoms with Crippen LogP contribution in [0.1, 0.15) is 17.3 Å². The van der Waals surface area contributed by atoms with Crippen molar-refractivity contribution in [1.82, 2.24) is 0 Å². The lowest BCUT2D eigenvalue weighted by Crippen LogP contribution is -2.04. The van der Waals surface area contributed by atoms with Crippen LogP contribution in [0, 0.1) is 0 Å². The Morgan fingerprint density at radius 3 is 2.43 bits per heavy atom. The van der Waals surface area contributed by atoms with Gasteiger partial charge in [-0.2, -0.15) is 8.42 Å². The Morgan fingerprint density at radius 2 is 2.00 bits per heavy atom. The molecule has 0 saturated heterocycles. The number of benzene rings is 1. The summed E-state index contributed by atoms with van der Waals surface area (Å²) < 4.78 is 30.2. The summed E-state index contributed by atoms with van der Waals surface area (Å²) >= 11 is 0. The van der Waals surface area contributed by atoms with E-state index in [-0.39, 0.29) is 21.9 Å². The van der Waals surface area contributed by atoms with E-state index in [9.17, 15) is 13.2 Å². The molecule has 5 nitrogen and oxygen atoms in total. The minimum absolute atomic E-state index is 0.0834. The van der Waals surface area contributed by atoms with E-state index in [4.69, 9.17) is 10.3 Å². The number of carbonyl (C=O) groups excluding carboxylic acids is 1. The number of hydrogen-bond acceptors (Lipinski definition) is 4. The van der Waals surface area contributed by atoms with Crippen LogP contribution in [0.5, 0.6) is 0 Å². The van der Waals surface area contributed by atoms with Gasteiger partial charge in [0.1, 0.15) is 0 Å². The van der Waals surface area contributed by atoms with Gasteiger partial charge in [-0.3, -0.25) is 9.35 Å². The molecule has 0 radical (unpaired) electrons. The van der Waals surface area contributed by atoms with Crippen LogP contribution in [0.3, 0.4) is 0 Å². The zero-order chi connectivity index (χ0) is 10.9. The topological polar surface area (TPSA) is 97.5 Å². The molecule has 1 rings (SSSR count). The average Bonchev–Trinajstić information content (AvgIpc) is 2.02. The van der Waals surface area contributed by atoms with Gasteiger partial charge in [-0.1, -0.05) is 0 Å². The summed E-state index contributed by atoms with van der Waals surface area (Å²) in [5.41, 5.74) is 5.70. The molecule has 0 aliphatic heterocycles. The van der Waals surface area contributed by atoms with Crippen molar-refractivity contribution in [3.8, 4) is 0 Å². The number of nitrogens with two attached hydrogens (primary N) is 1. The third-order valence-corrected chi connectivity index (χ3v) is 2.55. The standard InChI is InChI=1S/C8H9NO4S/c1-5(10)7-4-6(14(11,12)13)2-3-8(7)9/h2-4H,9H2,1H3,(H,11,12,13). The molecule has 3 N–H and O–H groups in total. The van der Waals surface area contributed by atoms with Crippen LogP contribution in [-0.2, 0) is 10.1 Å². The number of Topliss-reactive ketones (excluding diaryl/α,β-unsaturated/α-hetero) is 1. The van der Waals surface area contributed by atoms with Crippen LogP contribution >= 0.6 is 0 Å². The molecule has 0 unspecified atom stereocenters. The largest absolute Gasteiger partial charge is 0.398 e. The van der Waals surface area contributed by atoms with Crippen molar-refractivity contribution in [2.75, 3.05) is 5.73 Å². The molecule has 0 atom stereocenters. The van der Waals surface area contributed by atoms with Gasteiger partial charge in [0.2, 0.25) is 0 Å². The summed E-state index contributed by atoms with van der Waals surface area (Å²) in [6.07, 6.45) is 0. The lowest BCUT2D eigenvalue weighted by atomic mass is 10.1. The predicted octanol–water partition coefficient (Wildman–Crippen LogP) is 0.718. The van der Waals surface area contributed by atoms with Gasteiger partial charge in [0, 0.05) is 11.3 Å². The molecule has 1 aromatic rings. The van der Waals surface area contributed by atoms with E-state index >= 15 is 0 Å². The molecule has 0 aromatic heterocycles. The summed E-state index contributed by atoms with van der Waals surface area (Å²) in [6, 6.07) is 3.45. The predicted molar refractivity (Wildman–Crippen MR) is 50.7 cm³/mol. The van der Waals surface area contributed by atoms with E-state index in [1.165, 1.54) is 13.0 Å². The van der Waals surface area contributed by atoms with Crippen molar-refractivity contribution in [3.63, 3.8) is 0 Å². The molecule has 6 heteroatoms. The van der Waals surface area contributed by atoms with Gasteiger partial charge in [0.05, 0.1) is 4.90 Å². The summed E-state index contributed by atoms with van der Waals surface area (Å²) in [7, 11) is -4.28. The van der Waals surface area contributed by atoms with E-state index < -0.39 is 10.1 Å². The highest BCUT2D eigenvalue weighted by molar-refractivity contribution is 7.85. The Balaban J connectivity index is 3.42. The summed E-state index contributed by atoms with van der Waals surface area (Å²) in [6.45, 7) is 1.26. The van der Waals surface area contributed by atoms with Crippen LogP contribution in [0.2, 0.25) is 0 Å². The Morgan fingerprint density at radius 1 is 1.43 bits per heavy atom. The van der Waals surface area contributed by atoms with Crippen LogP contribution < -0.4 is 5.73 Å². The molecule has 0 heterocycles. The van der Waals surface area contributed by atoms with E-state index in [1.54, 1.807) is 0 Å². The number of nitrogen functional groups attached to an aromatic ring is 1. The van der Waals surface area contributed by atoms with Crippen molar-refractivity contribution < 1.29 is 17.8 Å². The molecule has 1 aromatic carbocycles. The fourth-order valence-electron chi connectivity index (χ4n) is 1.00. The molecule has 0 saturated carbocycles. The minimum Gasteiger partial charge on any atom is -0.398 e. The van der Waals surface area contributed by atoms with Crippen LogP contribution in [0.25, 0.3) is 0 Å². The summed E-state index contributed by atoms with van der Waals surface area (Å²) in [5, 5.41) is 0. The second-order valence-corrected chi connectivity index (χ2v) is 4.20. The van der Waals surface area contributed by atoms with Gasteiger partial charge in [0.15, 0.2) is 5.78 Å². The lowest BCUT2D eigenvalue weighted by Gasteiger charge is -2.03. The van der Waals surface area contributed by atoms with Gasteiger partial charge in [-0.25, -0.2) is 0 Å². The number of carbonyl (C=O) groups is 1. The smallest absolute Gasteiger partial charge is 0.294 e. The number of hydrogen-bond donors (Lipinski definition) is 2. The van der Waals surface area contributed by atoms with Crippen LogP contribution in [0.15, 0.2) is 23.1 Å². The van der Waals surface area contributed by atoms with Crippen LogP contribution in [0.4, 0.5) is 5.69 Å². The quantitative estimate of drug-likeness (QED) is 0.430. The van der Waals surface area contributed by atoms with Crippen molar-refractivity contribution in [1.29, 1.82) is 0 Å². The fourth-order valence-corrected chi connectivity index (χ4v) is 1.51. The molecule has 0 aliphatic rings. The van der Waals surface area contributed by atoms with E-state index in [1.807, 2.05) is 0 Å². The van der Waals surface area contributed by atoms with Crippen molar-refractivity contribution in [3.05, 3.63) is 23.8 Å². The lowest BCUT2D eigenvalue weighted by molar-refractivity contribution is 0.101. The Bertz CT molecular complexity index is 478. The molecular formula is C8H9NO4S. The molecule has 0 bridgehead atoms. The maximum atomic E-state index is 11.0. The number of anilines is 1. The monoisotopic (exact) mass is 215 g/mol. The molecule has 14 heavy (non-hydrogen) atoms. The number of rotatable bonds is 2. The first kappa shape index (κ1) is 10.7. The maximum Gasteiger partial charge on any atom is 0.294 e. The molecule has 0 spiro atoms. The first-order valence-electron chi connectivity index (χ1n) is 3.70. The first-order chi connectivity index (χ1) is 6.32. The van der Waals surface area contributed by atoms with Gasteiger partial charge >= 0.3 is 0 Å². The van der Waals surface area contributed by atoms with E-state index in [2.05, 4.69) is 0 Å². The Kier molecular flexibility index (Phi) is 2.59. The van der Waals surface area contributed by atoms with Crippen molar-refractivity contribution >= 4 is 21.6 Å². The van der Waals surface area contributed by atoms with E-state index in [0.717, 1.165) is 12.1 Å². The molecule has 0 fully saturated rings. The summed E-state index contributed by atoms with van der Waals surface area (Å²) in [4.78, 5) is 10.7. The minimum atomic E-state index is -4.28. The Hall–Kier alpha value is -1.40. The van der Waals surface area contributed by atoms with Gasteiger partial charge in [-0.05, 0) is 25.1 Å². The van der Waals surface area contributed by atoms with Gasteiger partial charge in [-0.15, -0.1) is 0 Å².